The van der Waals surface area contributed by atoms with Crippen LogP contribution in [0, 0.1) is 5.82 Å². The van der Waals surface area contributed by atoms with Crippen molar-refractivity contribution in [3.8, 4) is 0 Å². The highest BCUT2D eigenvalue weighted by atomic mass is 32.1. The van der Waals surface area contributed by atoms with Crippen molar-refractivity contribution in [2.24, 2.45) is 5.73 Å². The number of thiophene rings is 1. The first kappa shape index (κ1) is 12.6. The zero-order chi connectivity index (χ0) is 13.4. The van der Waals surface area contributed by atoms with Gasteiger partial charge in [-0.15, -0.1) is 11.3 Å². The number of rotatable bonds is 2. The summed E-state index contributed by atoms with van der Waals surface area (Å²) in [5.74, 6) is -0.205. The number of fused-ring (bicyclic) bond motifs is 1. The van der Waals surface area contributed by atoms with Crippen molar-refractivity contribution in [2.75, 3.05) is 11.4 Å². The summed E-state index contributed by atoms with van der Waals surface area (Å²) in [4.78, 5) is 3.72. The molecule has 0 amide bonds. The van der Waals surface area contributed by atoms with E-state index in [1.54, 1.807) is 12.1 Å². The van der Waals surface area contributed by atoms with Crippen LogP contribution in [0.5, 0.6) is 0 Å². The number of anilines is 1. The van der Waals surface area contributed by atoms with Crippen LogP contribution in [0.4, 0.5) is 10.1 Å². The SMILES string of the molecule is CC1c2ccsc2CCN1c1ccc(CN)c(F)c1. The van der Waals surface area contributed by atoms with Crippen molar-refractivity contribution >= 4 is 17.0 Å². The molecule has 1 aromatic heterocycles. The van der Waals surface area contributed by atoms with Gasteiger partial charge in [0.25, 0.3) is 0 Å². The molecule has 3 rings (SSSR count). The molecular formula is C15H17FN2S. The molecule has 100 valence electrons. The maximum atomic E-state index is 13.9. The highest BCUT2D eigenvalue weighted by Gasteiger charge is 2.25. The number of benzene rings is 1. The van der Waals surface area contributed by atoms with Crippen molar-refractivity contribution in [1.82, 2.24) is 0 Å². The highest BCUT2D eigenvalue weighted by molar-refractivity contribution is 7.10. The highest BCUT2D eigenvalue weighted by Crippen LogP contribution is 2.36. The van der Waals surface area contributed by atoms with Gasteiger partial charge < -0.3 is 10.6 Å². The molecule has 0 bridgehead atoms. The third-order valence-electron chi connectivity index (χ3n) is 3.87. The van der Waals surface area contributed by atoms with E-state index in [4.69, 9.17) is 5.73 Å². The van der Waals surface area contributed by atoms with Gasteiger partial charge in [0.05, 0.1) is 6.04 Å². The third-order valence-corrected chi connectivity index (χ3v) is 4.86. The summed E-state index contributed by atoms with van der Waals surface area (Å²) in [5.41, 5.74) is 8.40. The summed E-state index contributed by atoms with van der Waals surface area (Å²) >= 11 is 1.82. The van der Waals surface area contributed by atoms with Gasteiger partial charge in [-0.05, 0) is 42.5 Å². The van der Waals surface area contributed by atoms with Crippen molar-refractivity contribution in [1.29, 1.82) is 0 Å². The number of nitrogens with two attached hydrogens (primary N) is 1. The largest absolute Gasteiger partial charge is 0.364 e. The Morgan fingerprint density at radius 1 is 1.42 bits per heavy atom. The van der Waals surface area contributed by atoms with Crippen LogP contribution >= 0.6 is 11.3 Å². The topological polar surface area (TPSA) is 29.3 Å². The van der Waals surface area contributed by atoms with E-state index in [-0.39, 0.29) is 12.4 Å². The van der Waals surface area contributed by atoms with E-state index in [1.807, 2.05) is 17.4 Å². The van der Waals surface area contributed by atoms with Crippen LogP contribution in [0.3, 0.4) is 0 Å². The van der Waals surface area contributed by atoms with E-state index in [0.717, 1.165) is 18.7 Å². The minimum Gasteiger partial charge on any atom is -0.364 e. The minimum absolute atomic E-state index is 0.205. The van der Waals surface area contributed by atoms with Crippen LogP contribution < -0.4 is 10.6 Å². The smallest absolute Gasteiger partial charge is 0.129 e. The second-order valence-corrected chi connectivity index (χ2v) is 5.90. The van der Waals surface area contributed by atoms with E-state index in [9.17, 15) is 4.39 Å². The number of hydrogen-bond donors (Lipinski definition) is 1. The molecule has 0 saturated heterocycles. The number of halogens is 1. The Morgan fingerprint density at radius 3 is 3.00 bits per heavy atom. The van der Waals surface area contributed by atoms with E-state index in [0.29, 0.717) is 11.6 Å². The predicted molar refractivity (Wildman–Crippen MR) is 78.1 cm³/mol. The van der Waals surface area contributed by atoms with E-state index in [1.165, 1.54) is 10.4 Å². The Hall–Kier alpha value is -1.39. The molecule has 2 aromatic rings. The first-order valence-corrected chi connectivity index (χ1v) is 7.40. The zero-order valence-corrected chi connectivity index (χ0v) is 11.7. The molecule has 2 heterocycles. The van der Waals surface area contributed by atoms with Gasteiger partial charge in [-0.25, -0.2) is 4.39 Å². The Kier molecular flexibility index (Phi) is 3.29. The maximum Gasteiger partial charge on any atom is 0.129 e. The normalized spacial score (nSPS) is 18.5. The van der Waals surface area contributed by atoms with E-state index in [2.05, 4.69) is 23.3 Å². The van der Waals surface area contributed by atoms with Gasteiger partial charge in [0.1, 0.15) is 5.82 Å². The van der Waals surface area contributed by atoms with Gasteiger partial charge in [-0.1, -0.05) is 6.07 Å². The van der Waals surface area contributed by atoms with Crippen molar-refractivity contribution in [2.45, 2.75) is 25.9 Å². The molecule has 2 N–H and O–H groups in total. The van der Waals surface area contributed by atoms with Gasteiger partial charge in [0, 0.05) is 29.2 Å². The lowest BCUT2D eigenvalue weighted by molar-refractivity contribution is 0.600. The van der Waals surface area contributed by atoms with Crippen molar-refractivity contribution < 1.29 is 4.39 Å². The van der Waals surface area contributed by atoms with Crippen LogP contribution in [0.1, 0.15) is 29.0 Å². The van der Waals surface area contributed by atoms with Crippen LogP contribution in [-0.4, -0.2) is 6.54 Å². The first-order chi connectivity index (χ1) is 9.20. The summed E-state index contributed by atoms with van der Waals surface area (Å²) in [5, 5.41) is 2.14. The molecule has 1 atom stereocenters. The fraction of sp³-hybridized carbons (Fsp3) is 0.333. The van der Waals surface area contributed by atoms with Crippen LogP contribution in [0.15, 0.2) is 29.6 Å². The Morgan fingerprint density at radius 2 is 2.26 bits per heavy atom. The fourth-order valence-electron chi connectivity index (χ4n) is 2.74. The zero-order valence-electron chi connectivity index (χ0n) is 10.9. The molecule has 0 spiro atoms. The predicted octanol–water partition coefficient (Wildman–Crippen LogP) is 3.47. The van der Waals surface area contributed by atoms with Crippen LogP contribution in [0.2, 0.25) is 0 Å². The van der Waals surface area contributed by atoms with Gasteiger partial charge in [0.2, 0.25) is 0 Å². The molecule has 0 fully saturated rings. The Bertz CT molecular complexity index is 594. The first-order valence-electron chi connectivity index (χ1n) is 6.52. The molecule has 0 aliphatic carbocycles. The van der Waals surface area contributed by atoms with E-state index >= 15 is 0 Å². The summed E-state index contributed by atoms with van der Waals surface area (Å²) < 4.78 is 13.9. The molecule has 1 unspecified atom stereocenters. The quantitative estimate of drug-likeness (QED) is 0.910. The molecule has 1 aromatic carbocycles. The Labute approximate surface area is 116 Å². The summed E-state index contributed by atoms with van der Waals surface area (Å²) in [6, 6.07) is 7.86. The summed E-state index contributed by atoms with van der Waals surface area (Å²) in [6.45, 7) is 3.37. The molecular weight excluding hydrogens is 259 g/mol. The van der Waals surface area contributed by atoms with Crippen LogP contribution in [-0.2, 0) is 13.0 Å². The summed E-state index contributed by atoms with van der Waals surface area (Å²) in [7, 11) is 0. The average Bonchev–Trinajstić information content (AvgIpc) is 2.88. The van der Waals surface area contributed by atoms with Crippen molar-refractivity contribution in [3.63, 3.8) is 0 Å². The lowest BCUT2D eigenvalue weighted by atomic mass is 10.0. The standard InChI is InChI=1S/C15H17FN2S/c1-10-13-5-7-19-15(13)4-6-18(10)12-3-2-11(9-17)14(16)8-12/h2-3,5,7-8,10H,4,6,9,17H2,1H3. The average molecular weight is 276 g/mol. The number of nitrogens with zero attached hydrogens (tertiary/aromatic N) is 1. The molecule has 2 nitrogen and oxygen atoms in total. The van der Waals surface area contributed by atoms with Crippen LogP contribution in [0.25, 0.3) is 0 Å². The lowest BCUT2D eigenvalue weighted by Gasteiger charge is -2.35. The van der Waals surface area contributed by atoms with Crippen molar-refractivity contribution in [3.05, 3.63) is 51.5 Å². The second-order valence-electron chi connectivity index (χ2n) is 4.90. The molecule has 1 aliphatic rings. The molecule has 0 saturated carbocycles. The maximum absolute atomic E-state index is 13.9. The van der Waals surface area contributed by atoms with E-state index < -0.39 is 0 Å². The molecule has 4 heteroatoms. The monoisotopic (exact) mass is 276 g/mol. The molecule has 0 radical (unpaired) electrons. The fourth-order valence-corrected chi connectivity index (χ4v) is 3.71. The Balaban J connectivity index is 1.93. The second kappa shape index (κ2) is 4.94. The third kappa shape index (κ3) is 2.15. The van der Waals surface area contributed by atoms with Gasteiger partial charge in [-0.3, -0.25) is 0 Å². The number of hydrogen-bond acceptors (Lipinski definition) is 3. The lowest BCUT2D eigenvalue weighted by Crippen LogP contribution is -2.33. The molecule has 19 heavy (non-hydrogen) atoms. The minimum atomic E-state index is -0.205. The molecule has 1 aliphatic heterocycles. The van der Waals surface area contributed by atoms with Gasteiger partial charge in [0.15, 0.2) is 0 Å². The van der Waals surface area contributed by atoms with Gasteiger partial charge in [-0.2, -0.15) is 0 Å². The summed E-state index contributed by atoms with van der Waals surface area (Å²) in [6.07, 6.45) is 1.04. The van der Waals surface area contributed by atoms with Gasteiger partial charge >= 0.3 is 0 Å².